The van der Waals surface area contributed by atoms with Crippen molar-refractivity contribution in [2.45, 2.75) is 6.42 Å². The summed E-state index contributed by atoms with van der Waals surface area (Å²) < 4.78 is 4.99. The molecule has 5 heteroatoms. The molecule has 2 heterocycles. The van der Waals surface area contributed by atoms with E-state index in [0.29, 0.717) is 5.76 Å². The number of furan rings is 1. The maximum absolute atomic E-state index is 11.6. The first kappa shape index (κ1) is 10.4. The molecule has 5 nitrogen and oxygen atoms in total. The van der Waals surface area contributed by atoms with Gasteiger partial charge in [0.25, 0.3) is 0 Å². The number of hydrogen-bond donors (Lipinski definition) is 1. The highest BCUT2D eigenvalue weighted by atomic mass is 16.3. The zero-order valence-electron chi connectivity index (χ0n) is 8.30. The average molecular weight is 219 g/mol. The average Bonchev–Trinajstić information content (AvgIpc) is 2.84. The number of ketones is 1. The second-order valence-corrected chi connectivity index (χ2v) is 3.42. The van der Waals surface area contributed by atoms with Gasteiger partial charge in [-0.05, 0) is 24.3 Å². The first-order chi connectivity index (χ1) is 7.66. The number of carbonyl (C=O) groups is 3. The predicted molar refractivity (Wildman–Crippen MR) is 54.0 cm³/mol. The van der Waals surface area contributed by atoms with Gasteiger partial charge in [-0.25, -0.2) is 0 Å². The summed E-state index contributed by atoms with van der Waals surface area (Å²) in [6.45, 7) is 0. The van der Waals surface area contributed by atoms with Gasteiger partial charge in [0.15, 0.2) is 5.78 Å². The minimum atomic E-state index is -0.890. The molecule has 0 spiro atoms. The molecule has 1 N–H and O–H groups in total. The first-order valence-corrected chi connectivity index (χ1v) is 4.76. The molecule has 1 unspecified atom stereocenters. The highest BCUT2D eigenvalue weighted by molar-refractivity contribution is 6.17. The number of allylic oxidation sites excluding steroid dienone is 1. The Hall–Kier alpha value is -2.17. The van der Waals surface area contributed by atoms with Crippen LogP contribution >= 0.6 is 0 Å². The van der Waals surface area contributed by atoms with E-state index in [2.05, 4.69) is 5.32 Å². The zero-order chi connectivity index (χ0) is 11.5. The van der Waals surface area contributed by atoms with Crippen molar-refractivity contribution in [3.63, 3.8) is 0 Å². The SMILES string of the molecule is O=C1CC(C(=O)/C=C/c2ccco2)C(=O)N1. The van der Waals surface area contributed by atoms with Gasteiger partial charge in [0, 0.05) is 6.42 Å². The van der Waals surface area contributed by atoms with Crippen molar-refractivity contribution in [2.24, 2.45) is 5.92 Å². The van der Waals surface area contributed by atoms with Crippen LogP contribution < -0.4 is 5.32 Å². The summed E-state index contributed by atoms with van der Waals surface area (Å²) in [6, 6.07) is 3.37. The number of carbonyl (C=O) groups excluding carboxylic acids is 3. The quantitative estimate of drug-likeness (QED) is 0.457. The van der Waals surface area contributed by atoms with E-state index in [1.54, 1.807) is 12.1 Å². The van der Waals surface area contributed by atoms with E-state index < -0.39 is 17.7 Å². The minimum absolute atomic E-state index is 0.0693. The van der Waals surface area contributed by atoms with Gasteiger partial charge in [-0.1, -0.05) is 0 Å². The molecule has 1 aliphatic rings. The van der Waals surface area contributed by atoms with Gasteiger partial charge in [-0.3, -0.25) is 19.7 Å². The molecule has 2 rings (SSSR count). The smallest absolute Gasteiger partial charge is 0.238 e. The van der Waals surface area contributed by atoms with E-state index in [1.165, 1.54) is 18.4 Å². The summed E-state index contributed by atoms with van der Waals surface area (Å²) in [5.41, 5.74) is 0. The maximum atomic E-state index is 11.6. The Morgan fingerprint density at radius 2 is 2.31 bits per heavy atom. The monoisotopic (exact) mass is 219 g/mol. The van der Waals surface area contributed by atoms with Crippen LogP contribution in [0.25, 0.3) is 6.08 Å². The molecule has 1 atom stereocenters. The molecular formula is C11H9NO4. The van der Waals surface area contributed by atoms with Gasteiger partial charge in [-0.2, -0.15) is 0 Å². The summed E-state index contributed by atoms with van der Waals surface area (Å²) in [4.78, 5) is 33.6. The molecule has 1 aromatic rings. The Morgan fingerprint density at radius 3 is 2.88 bits per heavy atom. The molecule has 2 amide bonds. The first-order valence-electron chi connectivity index (χ1n) is 4.76. The van der Waals surface area contributed by atoms with E-state index in [0.717, 1.165) is 0 Å². The van der Waals surface area contributed by atoms with E-state index in [9.17, 15) is 14.4 Å². The Bertz CT molecular complexity index is 458. The van der Waals surface area contributed by atoms with Crippen molar-refractivity contribution < 1.29 is 18.8 Å². The summed E-state index contributed by atoms with van der Waals surface area (Å²) in [5.74, 6) is -1.69. The molecule has 82 valence electrons. The molecule has 0 radical (unpaired) electrons. The second kappa shape index (κ2) is 4.14. The molecule has 16 heavy (non-hydrogen) atoms. The number of amides is 2. The van der Waals surface area contributed by atoms with Crippen molar-refractivity contribution in [3.05, 3.63) is 30.2 Å². The third-order valence-corrected chi connectivity index (χ3v) is 2.27. The van der Waals surface area contributed by atoms with E-state index >= 15 is 0 Å². The van der Waals surface area contributed by atoms with Crippen LogP contribution in [-0.4, -0.2) is 17.6 Å². The van der Waals surface area contributed by atoms with Crippen molar-refractivity contribution in [3.8, 4) is 0 Å². The predicted octanol–water partition coefficient (Wildman–Crippen LogP) is 0.525. The lowest BCUT2D eigenvalue weighted by molar-refractivity contribution is -0.129. The fourth-order valence-electron chi connectivity index (χ4n) is 1.45. The Labute approximate surface area is 91.1 Å². The van der Waals surface area contributed by atoms with Gasteiger partial charge in [-0.15, -0.1) is 0 Å². The second-order valence-electron chi connectivity index (χ2n) is 3.42. The molecule has 0 bridgehead atoms. The fourth-order valence-corrected chi connectivity index (χ4v) is 1.45. The third kappa shape index (κ3) is 2.08. The highest BCUT2D eigenvalue weighted by Crippen LogP contribution is 2.13. The Morgan fingerprint density at radius 1 is 1.50 bits per heavy atom. The van der Waals surface area contributed by atoms with Gasteiger partial charge in [0.05, 0.1) is 6.26 Å². The van der Waals surface area contributed by atoms with Gasteiger partial charge in [0.2, 0.25) is 11.8 Å². The lowest BCUT2D eigenvalue weighted by Gasteiger charge is -1.98. The molecule has 1 aromatic heterocycles. The maximum Gasteiger partial charge on any atom is 0.238 e. The lowest BCUT2D eigenvalue weighted by atomic mass is 10.0. The number of hydrogen-bond acceptors (Lipinski definition) is 4. The largest absolute Gasteiger partial charge is 0.465 e. The molecule has 0 saturated carbocycles. The third-order valence-electron chi connectivity index (χ3n) is 2.27. The summed E-state index contributed by atoms with van der Waals surface area (Å²) in [5, 5.41) is 2.08. The molecule has 1 fully saturated rings. The summed E-state index contributed by atoms with van der Waals surface area (Å²) in [7, 11) is 0. The molecule has 0 aromatic carbocycles. The fraction of sp³-hybridized carbons (Fsp3) is 0.182. The molecular weight excluding hydrogens is 210 g/mol. The standard InChI is InChI=1S/C11H9NO4/c13-9(4-3-7-2-1-5-16-7)8-6-10(14)12-11(8)15/h1-5,8H,6H2,(H,12,14,15)/b4-3+. The van der Waals surface area contributed by atoms with Gasteiger partial charge in [0.1, 0.15) is 11.7 Å². The van der Waals surface area contributed by atoms with Crippen LogP contribution in [0.15, 0.2) is 28.9 Å². The Balaban J connectivity index is 2.04. The van der Waals surface area contributed by atoms with Crippen LogP contribution in [0.2, 0.25) is 0 Å². The van der Waals surface area contributed by atoms with Crippen molar-refractivity contribution in [2.75, 3.05) is 0 Å². The molecule has 1 saturated heterocycles. The van der Waals surface area contributed by atoms with Crippen LogP contribution in [0.5, 0.6) is 0 Å². The van der Waals surface area contributed by atoms with Crippen LogP contribution in [0, 0.1) is 5.92 Å². The lowest BCUT2D eigenvalue weighted by Crippen LogP contribution is -2.25. The topological polar surface area (TPSA) is 76.4 Å². The Kier molecular flexibility index (Phi) is 2.68. The highest BCUT2D eigenvalue weighted by Gasteiger charge is 2.34. The molecule has 0 aliphatic carbocycles. The van der Waals surface area contributed by atoms with E-state index in [1.807, 2.05) is 0 Å². The summed E-state index contributed by atoms with van der Waals surface area (Å²) in [6.07, 6.45) is 4.14. The number of rotatable bonds is 3. The van der Waals surface area contributed by atoms with Crippen LogP contribution in [0.3, 0.4) is 0 Å². The van der Waals surface area contributed by atoms with Crippen LogP contribution in [0.1, 0.15) is 12.2 Å². The van der Waals surface area contributed by atoms with Crippen molar-refractivity contribution >= 4 is 23.7 Å². The van der Waals surface area contributed by atoms with Crippen LogP contribution in [-0.2, 0) is 14.4 Å². The van der Waals surface area contributed by atoms with Crippen molar-refractivity contribution in [1.82, 2.24) is 5.32 Å². The van der Waals surface area contributed by atoms with Crippen molar-refractivity contribution in [1.29, 1.82) is 0 Å². The summed E-state index contributed by atoms with van der Waals surface area (Å²) >= 11 is 0. The van der Waals surface area contributed by atoms with Gasteiger partial charge >= 0.3 is 0 Å². The normalized spacial score (nSPS) is 20.4. The number of imide groups is 1. The number of nitrogens with one attached hydrogen (secondary N) is 1. The van der Waals surface area contributed by atoms with E-state index in [4.69, 9.17) is 4.42 Å². The van der Waals surface area contributed by atoms with E-state index in [-0.39, 0.29) is 12.2 Å². The zero-order valence-corrected chi connectivity index (χ0v) is 8.30. The molecule has 1 aliphatic heterocycles. The van der Waals surface area contributed by atoms with Gasteiger partial charge < -0.3 is 4.42 Å². The minimum Gasteiger partial charge on any atom is -0.465 e. The van der Waals surface area contributed by atoms with Crippen LogP contribution in [0.4, 0.5) is 0 Å².